The molecule has 1 aliphatic rings. The molecule has 3 N–H and O–H groups in total. The Balaban J connectivity index is 2.58. The molecule has 1 aromatic rings. The van der Waals surface area contributed by atoms with E-state index in [-0.39, 0.29) is 0 Å². The Labute approximate surface area is 73.6 Å². The van der Waals surface area contributed by atoms with Crippen molar-refractivity contribution < 1.29 is 5.73 Å². The highest BCUT2D eigenvalue weighted by molar-refractivity contribution is 5.39. The van der Waals surface area contributed by atoms with Crippen LogP contribution < -0.4 is 5.73 Å². The van der Waals surface area contributed by atoms with Gasteiger partial charge in [-0.25, -0.2) is 0 Å². The number of quaternary nitrogens is 1. The van der Waals surface area contributed by atoms with E-state index in [4.69, 9.17) is 0 Å². The zero-order chi connectivity index (χ0) is 8.77. The first-order valence-electron chi connectivity index (χ1n) is 4.54. The average Bonchev–Trinajstić information content (AvgIpc) is 2.25. The standard InChI is InChI=1S/C11H15N/c1-11(2)7-10(12)8-5-3-4-6-9(8)11/h3-6,10H,7,12H2,1-2H3/p+1/t10-/m1/s1. The molecule has 1 atom stereocenters. The molecule has 12 heavy (non-hydrogen) atoms. The maximum Gasteiger partial charge on any atom is 0.111 e. The maximum absolute atomic E-state index is 4.17. The van der Waals surface area contributed by atoms with Crippen molar-refractivity contribution in [2.45, 2.75) is 31.7 Å². The summed E-state index contributed by atoms with van der Waals surface area (Å²) in [7, 11) is 0. The predicted molar refractivity (Wildman–Crippen MR) is 49.7 cm³/mol. The SMILES string of the molecule is CC1(C)C[C@@H]([NH3+])c2ccccc21. The Morgan fingerprint density at radius 2 is 2.00 bits per heavy atom. The first-order valence-corrected chi connectivity index (χ1v) is 4.54. The number of hydrogen-bond donors (Lipinski definition) is 1. The van der Waals surface area contributed by atoms with E-state index in [1.165, 1.54) is 17.5 Å². The van der Waals surface area contributed by atoms with Crippen LogP contribution in [0.1, 0.15) is 37.4 Å². The van der Waals surface area contributed by atoms with Gasteiger partial charge >= 0.3 is 0 Å². The van der Waals surface area contributed by atoms with Crippen molar-refractivity contribution in [3.63, 3.8) is 0 Å². The van der Waals surface area contributed by atoms with Gasteiger partial charge < -0.3 is 5.73 Å². The van der Waals surface area contributed by atoms with Crippen molar-refractivity contribution in [3.8, 4) is 0 Å². The van der Waals surface area contributed by atoms with Crippen LogP contribution >= 0.6 is 0 Å². The average molecular weight is 162 g/mol. The smallest absolute Gasteiger partial charge is 0.111 e. The van der Waals surface area contributed by atoms with E-state index in [1.54, 1.807) is 0 Å². The third-order valence-electron chi connectivity index (χ3n) is 2.89. The van der Waals surface area contributed by atoms with Crippen LogP contribution in [-0.2, 0) is 5.41 Å². The van der Waals surface area contributed by atoms with Gasteiger partial charge in [-0.1, -0.05) is 38.1 Å². The van der Waals surface area contributed by atoms with E-state index in [1.807, 2.05) is 0 Å². The molecule has 0 saturated carbocycles. The number of fused-ring (bicyclic) bond motifs is 1. The lowest BCUT2D eigenvalue weighted by Gasteiger charge is -2.17. The monoisotopic (exact) mass is 162 g/mol. The van der Waals surface area contributed by atoms with Crippen molar-refractivity contribution in [2.75, 3.05) is 0 Å². The molecular weight excluding hydrogens is 146 g/mol. The van der Waals surface area contributed by atoms with Crippen LogP contribution in [0, 0.1) is 0 Å². The highest BCUT2D eigenvalue weighted by Gasteiger charge is 2.36. The Kier molecular flexibility index (Phi) is 1.52. The fourth-order valence-corrected chi connectivity index (χ4v) is 2.31. The normalized spacial score (nSPS) is 25.4. The summed E-state index contributed by atoms with van der Waals surface area (Å²) in [4.78, 5) is 0. The highest BCUT2D eigenvalue weighted by atomic mass is 14.7. The summed E-state index contributed by atoms with van der Waals surface area (Å²) < 4.78 is 0. The van der Waals surface area contributed by atoms with Crippen molar-refractivity contribution in [2.24, 2.45) is 0 Å². The molecule has 0 bridgehead atoms. The van der Waals surface area contributed by atoms with Gasteiger partial charge in [0.15, 0.2) is 0 Å². The van der Waals surface area contributed by atoms with E-state index < -0.39 is 0 Å². The quantitative estimate of drug-likeness (QED) is 0.601. The molecule has 0 aromatic heterocycles. The zero-order valence-corrected chi connectivity index (χ0v) is 7.80. The Morgan fingerprint density at radius 3 is 2.67 bits per heavy atom. The van der Waals surface area contributed by atoms with Crippen LogP contribution in [0.3, 0.4) is 0 Å². The first-order chi connectivity index (χ1) is 5.61. The minimum atomic E-state index is 0.336. The molecule has 0 unspecified atom stereocenters. The molecule has 1 heteroatoms. The van der Waals surface area contributed by atoms with Crippen LogP contribution in [0.5, 0.6) is 0 Å². The largest absolute Gasteiger partial charge is 0.351 e. The Bertz CT molecular complexity index is 302. The number of hydrogen-bond acceptors (Lipinski definition) is 0. The van der Waals surface area contributed by atoms with Gasteiger partial charge in [0, 0.05) is 12.0 Å². The number of benzene rings is 1. The summed E-state index contributed by atoms with van der Waals surface area (Å²) in [6.45, 7) is 4.61. The molecule has 1 aliphatic carbocycles. The second-order valence-corrected chi connectivity index (χ2v) is 4.37. The Morgan fingerprint density at radius 1 is 1.33 bits per heavy atom. The first kappa shape index (κ1) is 7.81. The van der Waals surface area contributed by atoms with Crippen molar-refractivity contribution in [1.29, 1.82) is 0 Å². The molecule has 1 aromatic carbocycles. The van der Waals surface area contributed by atoms with Gasteiger partial charge in [-0.2, -0.15) is 0 Å². The van der Waals surface area contributed by atoms with Gasteiger partial charge in [-0.05, 0) is 11.0 Å². The second-order valence-electron chi connectivity index (χ2n) is 4.37. The lowest BCUT2D eigenvalue weighted by molar-refractivity contribution is -0.427. The van der Waals surface area contributed by atoms with Crippen LogP contribution in [0.4, 0.5) is 0 Å². The van der Waals surface area contributed by atoms with Crippen molar-refractivity contribution >= 4 is 0 Å². The van der Waals surface area contributed by atoms with Gasteiger partial charge in [0.1, 0.15) is 6.04 Å². The van der Waals surface area contributed by atoms with Gasteiger partial charge in [-0.15, -0.1) is 0 Å². The lowest BCUT2D eigenvalue weighted by Crippen LogP contribution is -2.52. The third-order valence-corrected chi connectivity index (χ3v) is 2.89. The molecule has 0 saturated heterocycles. The molecule has 0 fully saturated rings. The highest BCUT2D eigenvalue weighted by Crippen LogP contribution is 2.41. The van der Waals surface area contributed by atoms with Gasteiger partial charge in [0.25, 0.3) is 0 Å². The van der Waals surface area contributed by atoms with Crippen LogP contribution in [-0.4, -0.2) is 0 Å². The third kappa shape index (κ3) is 0.969. The lowest BCUT2D eigenvalue weighted by atomic mass is 9.87. The summed E-state index contributed by atoms with van der Waals surface area (Å²) >= 11 is 0. The van der Waals surface area contributed by atoms with E-state index in [9.17, 15) is 0 Å². The van der Waals surface area contributed by atoms with Crippen LogP contribution in [0.25, 0.3) is 0 Å². The summed E-state index contributed by atoms with van der Waals surface area (Å²) in [5, 5.41) is 0. The van der Waals surface area contributed by atoms with E-state index in [2.05, 4.69) is 43.8 Å². The summed E-state index contributed by atoms with van der Waals surface area (Å²) in [6, 6.07) is 9.18. The van der Waals surface area contributed by atoms with Crippen LogP contribution in [0.15, 0.2) is 24.3 Å². The topological polar surface area (TPSA) is 27.6 Å². The van der Waals surface area contributed by atoms with E-state index in [0.29, 0.717) is 11.5 Å². The zero-order valence-electron chi connectivity index (χ0n) is 7.80. The van der Waals surface area contributed by atoms with Crippen molar-refractivity contribution in [1.82, 2.24) is 0 Å². The fourth-order valence-electron chi connectivity index (χ4n) is 2.31. The van der Waals surface area contributed by atoms with Gasteiger partial charge in [0.05, 0.1) is 0 Å². The maximum atomic E-state index is 4.17. The van der Waals surface area contributed by atoms with E-state index >= 15 is 0 Å². The molecule has 64 valence electrons. The molecule has 2 rings (SSSR count). The van der Waals surface area contributed by atoms with E-state index in [0.717, 1.165) is 0 Å². The van der Waals surface area contributed by atoms with Gasteiger partial charge in [-0.3, -0.25) is 0 Å². The molecule has 0 heterocycles. The predicted octanol–water partition coefficient (Wildman–Crippen LogP) is 1.65. The number of rotatable bonds is 0. The molecule has 0 spiro atoms. The second kappa shape index (κ2) is 2.33. The minimum Gasteiger partial charge on any atom is -0.351 e. The molecule has 0 radical (unpaired) electrons. The van der Waals surface area contributed by atoms with Crippen molar-refractivity contribution in [3.05, 3.63) is 35.4 Å². The molecule has 1 nitrogen and oxygen atoms in total. The minimum absolute atomic E-state index is 0.336. The van der Waals surface area contributed by atoms with Crippen LogP contribution in [0.2, 0.25) is 0 Å². The fraction of sp³-hybridized carbons (Fsp3) is 0.455. The molecule has 0 aliphatic heterocycles. The summed E-state index contributed by atoms with van der Waals surface area (Å²) in [6.07, 6.45) is 1.19. The molecular formula is C11H16N+. The molecule has 0 amide bonds. The summed E-state index contributed by atoms with van der Waals surface area (Å²) in [5.74, 6) is 0. The van der Waals surface area contributed by atoms with Gasteiger partial charge in [0.2, 0.25) is 0 Å². The summed E-state index contributed by atoms with van der Waals surface area (Å²) in [5.41, 5.74) is 7.45. The Hall–Kier alpha value is -0.820.